The fourth-order valence-corrected chi connectivity index (χ4v) is 2.69. The third-order valence-corrected chi connectivity index (χ3v) is 3.74. The third-order valence-electron chi connectivity index (χ3n) is 3.74. The maximum atomic E-state index is 3.50. The molecule has 0 spiro atoms. The van der Waals surface area contributed by atoms with Gasteiger partial charge in [-0.1, -0.05) is 44.2 Å². The van der Waals surface area contributed by atoms with Crippen LogP contribution in [-0.2, 0) is 31.6 Å². The summed E-state index contributed by atoms with van der Waals surface area (Å²) >= 11 is 0. The van der Waals surface area contributed by atoms with Crippen molar-refractivity contribution in [2.45, 2.75) is 38.5 Å². The largest absolute Gasteiger partial charge is 3.00 e. The van der Waals surface area contributed by atoms with Crippen LogP contribution in [0.1, 0.15) is 38.7 Å². The first-order valence-electron chi connectivity index (χ1n) is 6.17. The van der Waals surface area contributed by atoms with E-state index in [1.165, 1.54) is 11.1 Å². The van der Waals surface area contributed by atoms with E-state index in [0.717, 1.165) is 19.3 Å². The van der Waals surface area contributed by atoms with Crippen LogP contribution in [0.5, 0.6) is 0 Å². The molecule has 0 unspecified atom stereocenters. The Morgan fingerprint density at radius 3 is 2.05 bits per heavy atom. The van der Waals surface area contributed by atoms with Gasteiger partial charge in [0.15, 0.2) is 0 Å². The van der Waals surface area contributed by atoms with Gasteiger partial charge >= 0.3 is 26.2 Å². The van der Waals surface area contributed by atoms with E-state index in [1.807, 2.05) is 0 Å². The van der Waals surface area contributed by atoms with Gasteiger partial charge in [-0.2, -0.15) is 6.08 Å². The van der Waals surface area contributed by atoms with E-state index in [1.54, 1.807) is 0 Å². The molecular weight excluding hydrogens is 354 g/mol. The normalized spacial score (nSPS) is 12.8. The molecule has 101 valence electrons. The van der Waals surface area contributed by atoms with Crippen LogP contribution in [-0.4, -0.2) is 0 Å². The summed E-state index contributed by atoms with van der Waals surface area (Å²) in [5.74, 6) is 0. The maximum Gasteiger partial charge on any atom is 3.00 e. The fourth-order valence-electron chi connectivity index (χ4n) is 2.69. The van der Waals surface area contributed by atoms with Gasteiger partial charge in [-0.25, -0.2) is 11.6 Å². The number of benzene rings is 1. The van der Waals surface area contributed by atoms with Crippen LogP contribution in [0.3, 0.4) is 0 Å². The van der Waals surface area contributed by atoms with Gasteiger partial charge in [0.25, 0.3) is 0 Å². The predicted molar refractivity (Wildman–Crippen MR) is 69.2 cm³/mol. The number of hydrogen-bond acceptors (Lipinski definition) is 0. The van der Waals surface area contributed by atoms with E-state index >= 15 is 0 Å². The Kier molecular flexibility index (Phi) is 11.3. The summed E-state index contributed by atoms with van der Waals surface area (Å²) in [5.41, 5.74) is 2.98. The molecule has 0 amide bonds. The Bertz CT molecular complexity index is 406. The molecule has 0 saturated carbocycles. The molecule has 19 heavy (non-hydrogen) atoms. The van der Waals surface area contributed by atoms with E-state index < -0.39 is 0 Å². The second-order valence-corrected chi connectivity index (χ2v) is 4.35. The minimum Gasteiger partial charge on any atom is -1.00 e. The molecular formula is C16H19Cl2Zr. The van der Waals surface area contributed by atoms with Gasteiger partial charge in [-0.3, -0.25) is 6.08 Å². The molecule has 0 bridgehead atoms. The van der Waals surface area contributed by atoms with Crippen molar-refractivity contribution in [3.8, 4) is 0 Å². The van der Waals surface area contributed by atoms with Gasteiger partial charge in [0.05, 0.1) is 0 Å². The quantitative estimate of drug-likeness (QED) is 0.560. The molecule has 0 heterocycles. The van der Waals surface area contributed by atoms with Gasteiger partial charge in [0.1, 0.15) is 0 Å². The number of rotatable bonds is 4. The molecule has 0 fully saturated rings. The summed E-state index contributed by atoms with van der Waals surface area (Å²) in [6.07, 6.45) is 11.2. The van der Waals surface area contributed by atoms with E-state index in [0.29, 0.717) is 0 Å². The Morgan fingerprint density at radius 2 is 1.63 bits per heavy atom. The van der Waals surface area contributed by atoms with Gasteiger partial charge in [-0.15, -0.1) is 6.42 Å². The van der Waals surface area contributed by atoms with Crippen molar-refractivity contribution in [3.63, 3.8) is 0 Å². The first-order valence-corrected chi connectivity index (χ1v) is 6.17. The van der Waals surface area contributed by atoms with Crippen molar-refractivity contribution in [2.75, 3.05) is 0 Å². The maximum absolute atomic E-state index is 3.50. The Labute approximate surface area is 148 Å². The number of hydrogen-bond donors (Lipinski definition) is 0. The van der Waals surface area contributed by atoms with Crippen LogP contribution in [0.4, 0.5) is 0 Å². The second-order valence-electron chi connectivity index (χ2n) is 4.35. The van der Waals surface area contributed by atoms with Crippen LogP contribution in [0, 0.1) is 6.08 Å². The van der Waals surface area contributed by atoms with Crippen molar-refractivity contribution in [3.05, 3.63) is 59.7 Å². The van der Waals surface area contributed by atoms with E-state index in [4.69, 9.17) is 0 Å². The van der Waals surface area contributed by atoms with Crippen molar-refractivity contribution < 1.29 is 51.0 Å². The molecule has 1 radical (unpaired) electrons. The Morgan fingerprint density at radius 1 is 1.05 bits per heavy atom. The summed E-state index contributed by atoms with van der Waals surface area (Å²) in [7, 11) is 0. The number of allylic oxidation sites excluding steroid dienone is 4. The average molecular weight is 373 g/mol. The Hall–Kier alpha value is 0.163. The van der Waals surface area contributed by atoms with Crippen molar-refractivity contribution >= 4 is 0 Å². The minimum atomic E-state index is 0. The van der Waals surface area contributed by atoms with Gasteiger partial charge < -0.3 is 24.8 Å². The van der Waals surface area contributed by atoms with E-state index in [9.17, 15) is 0 Å². The van der Waals surface area contributed by atoms with Gasteiger partial charge in [-0.05, 0) is 23.8 Å². The molecule has 0 aromatic heterocycles. The first-order chi connectivity index (χ1) is 7.83. The summed E-state index contributed by atoms with van der Waals surface area (Å²) in [6.45, 7) is 4.55. The molecule has 1 aliphatic carbocycles. The third kappa shape index (κ3) is 4.31. The molecule has 0 N–H and O–H groups in total. The monoisotopic (exact) mass is 371 g/mol. The van der Waals surface area contributed by atoms with Crippen molar-refractivity contribution in [1.82, 2.24) is 0 Å². The smallest absolute Gasteiger partial charge is 1.00 e. The fraction of sp³-hybridized carbons (Fsp3) is 0.375. The standard InChI is InChI=1S/C16H19.2ClH.Zr/c1-3-16(4-2,15-12-8-9-13-15)14-10-6-5-7-11-14;;;/h5-8,10-12H,3-4,9H2,1-2H3;2*1H;/q-1;;;+3/p-2. The SMILES string of the molecule is CCC(CC)(C1=[C-]CC=C1)c1ccccc1.[Cl-].[Cl-].[Zr+3]. The van der Waals surface area contributed by atoms with Crippen LogP contribution >= 0.6 is 0 Å². The molecule has 2 rings (SSSR count). The first kappa shape index (κ1) is 21.5. The molecule has 0 atom stereocenters. The zero-order valence-electron chi connectivity index (χ0n) is 11.4. The predicted octanol–water partition coefficient (Wildman–Crippen LogP) is -1.56. The average Bonchev–Trinajstić information content (AvgIpc) is 2.87. The molecule has 1 aliphatic rings. The van der Waals surface area contributed by atoms with Crippen LogP contribution < -0.4 is 24.8 Å². The molecule has 0 nitrogen and oxygen atoms in total. The minimum absolute atomic E-state index is 0. The Balaban J connectivity index is 0. The number of halogens is 2. The van der Waals surface area contributed by atoms with Gasteiger partial charge in [0.2, 0.25) is 0 Å². The van der Waals surface area contributed by atoms with E-state index in [2.05, 4.69) is 62.4 Å². The molecule has 1 aromatic carbocycles. The topological polar surface area (TPSA) is 0 Å². The van der Waals surface area contributed by atoms with Crippen molar-refractivity contribution in [2.24, 2.45) is 0 Å². The summed E-state index contributed by atoms with van der Waals surface area (Å²) < 4.78 is 0. The second kappa shape index (κ2) is 9.97. The van der Waals surface area contributed by atoms with E-state index in [-0.39, 0.29) is 56.4 Å². The zero-order chi connectivity index (χ0) is 11.4. The molecule has 0 saturated heterocycles. The van der Waals surface area contributed by atoms with Crippen LogP contribution in [0.2, 0.25) is 0 Å². The summed E-state index contributed by atoms with van der Waals surface area (Å²) in [5, 5.41) is 0. The summed E-state index contributed by atoms with van der Waals surface area (Å²) in [4.78, 5) is 0. The van der Waals surface area contributed by atoms with Crippen LogP contribution in [0.15, 0.2) is 48.1 Å². The zero-order valence-corrected chi connectivity index (χ0v) is 15.4. The molecule has 1 aromatic rings. The van der Waals surface area contributed by atoms with Crippen molar-refractivity contribution in [1.29, 1.82) is 0 Å². The van der Waals surface area contributed by atoms with Crippen LogP contribution in [0.25, 0.3) is 0 Å². The molecule has 0 aliphatic heterocycles. The van der Waals surface area contributed by atoms with Gasteiger partial charge in [0, 0.05) is 0 Å². The summed E-state index contributed by atoms with van der Waals surface area (Å²) in [6, 6.07) is 10.8. The molecule has 3 heteroatoms.